The van der Waals surface area contributed by atoms with Gasteiger partial charge >= 0.3 is 0 Å². The van der Waals surface area contributed by atoms with Gasteiger partial charge in [-0.25, -0.2) is 0 Å². The summed E-state index contributed by atoms with van der Waals surface area (Å²) in [5.74, 6) is 1.71. The number of hydrogen-bond donors (Lipinski definition) is 1. The molecule has 0 amide bonds. The quantitative estimate of drug-likeness (QED) is 0.884. The summed E-state index contributed by atoms with van der Waals surface area (Å²) < 4.78 is 3.13. The van der Waals surface area contributed by atoms with Crippen molar-refractivity contribution >= 4 is 15.9 Å². The van der Waals surface area contributed by atoms with Gasteiger partial charge in [0.15, 0.2) is 0 Å². The van der Waals surface area contributed by atoms with E-state index < -0.39 is 0 Å². The normalized spacial score (nSPS) is 25.5. The maximum absolute atomic E-state index is 4.35. The van der Waals surface area contributed by atoms with E-state index in [1.54, 1.807) is 0 Å². The lowest BCUT2D eigenvalue weighted by atomic mass is 9.76. The van der Waals surface area contributed by atoms with Crippen molar-refractivity contribution < 1.29 is 0 Å². The van der Waals surface area contributed by atoms with Gasteiger partial charge in [0.05, 0.1) is 22.4 Å². The first-order chi connectivity index (χ1) is 9.17. The topological polar surface area (TPSA) is 29.9 Å². The van der Waals surface area contributed by atoms with E-state index in [0.29, 0.717) is 6.04 Å². The number of aromatic nitrogens is 2. The zero-order valence-corrected chi connectivity index (χ0v) is 13.9. The lowest BCUT2D eigenvalue weighted by Gasteiger charge is -2.34. The van der Waals surface area contributed by atoms with E-state index in [4.69, 9.17) is 0 Å². The Balaban J connectivity index is 2.04. The molecule has 1 fully saturated rings. The first-order valence-corrected chi connectivity index (χ1v) is 8.31. The Hall–Kier alpha value is -0.350. The molecule has 3 nitrogen and oxygen atoms in total. The lowest BCUT2D eigenvalue weighted by molar-refractivity contribution is 0.214. The minimum atomic E-state index is 0.421. The molecule has 108 valence electrons. The molecule has 1 N–H and O–H groups in total. The molecule has 1 aliphatic carbocycles. The second-order valence-electron chi connectivity index (χ2n) is 5.84. The van der Waals surface area contributed by atoms with Crippen LogP contribution in [0, 0.1) is 11.8 Å². The van der Waals surface area contributed by atoms with Crippen molar-refractivity contribution in [3.63, 3.8) is 0 Å². The number of nitrogens with one attached hydrogen (secondary N) is 1. The Bertz CT molecular complexity index is 375. The maximum Gasteiger partial charge on any atom is 0.0695 e. The zero-order chi connectivity index (χ0) is 13.8. The summed E-state index contributed by atoms with van der Waals surface area (Å²) in [7, 11) is 4.11. The van der Waals surface area contributed by atoms with E-state index in [1.807, 2.05) is 17.9 Å². The summed E-state index contributed by atoms with van der Waals surface area (Å²) in [5.41, 5.74) is 1.29. The molecular weight excluding hydrogens is 302 g/mol. The summed E-state index contributed by atoms with van der Waals surface area (Å²) >= 11 is 3.64. The van der Waals surface area contributed by atoms with Crippen LogP contribution in [0.1, 0.15) is 57.2 Å². The van der Waals surface area contributed by atoms with Crippen molar-refractivity contribution in [2.24, 2.45) is 18.9 Å². The van der Waals surface area contributed by atoms with Crippen molar-refractivity contribution in [2.45, 2.75) is 51.5 Å². The van der Waals surface area contributed by atoms with Crippen molar-refractivity contribution in [2.75, 3.05) is 7.05 Å². The van der Waals surface area contributed by atoms with Gasteiger partial charge in [0.25, 0.3) is 0 Å². The van der Waals surface area contributed by atoms with Crippen molar-refractivity contribution in [1.29, 1.82) is 0 Å². The first kappa shape index (κ1) is 15.0. The standard InChI is InChI=1S/C15H26BrN3/c1-4-5-11-6-8-12(9-7-11)14(17-2)15-13(16)10-18-19(15)3/h10-12,14,17H,4-9H2,1-3H3. The van der Waals surface area contributed by atoms with Crippen LogP contribution in [0.2, 0.25) is 0 Å². The van der Waals surface area contributed by atoms with Crippen molar-refractivity contribution in [3.05, 3.63) is 16.4 Å². The number of rotatable bonds is 5. The number of nitrogens with zero attached hydrogens (tertiary/aromatic N) is 2. The summed E-state index contributed by atoms with van der Waals surface area (Å²) in [6.07, 6.45) is 10.1. The maximum atomic E-state index is 4.35. The Morgan fingerprint density at radius 2 is 2.11 bits per heavy atom. The lowest BCUT2D eigenvalue weighted by Crippen LogP contribution is -2.30. The molecule has 0 saturated heterocycles. The van der Waals surface area contributed by atoms with Crippen molar-refractivity contribution in [1.82, 2.24) is 15.1 Å². The van der Waals surface area contributed by atoms with Crippen LogP contribution in [0.4, 0.5) is 0 Å². The fourth-order valence-corrected chi connectivity index (χ4v) is 4.18. The third-order valence-corrected chi connectivity index (χ3v) is 5.21. The van der Waals surface area contributed by atoms with Gasteiger partial charge in [-0.1, -0.05) is 32.6 Å². The van der Waals surface area contributed by atoms with E-state index >= 15 is 0 Å². The van der Waals surface area contributed by atoms with Crippen LogP contribution in [0.5, 0.6) is 0 Å². The van der Waals surface area contributed by atoms with Crippen LogP contribution < -0.4 is 5.32 Å². The molecule has 2 rings (SSSR count). The molecule has 0 bridgehead atoms. The molecule has 0 spiro atoms. The largest absolute Gasteiger partial charge is 0.311 e. The van der Waals surface area contributed by atoms with Crippen LogP contribution in [0.15, 0.2) is 10.7 Å². The van der Waals surface area contributed by atoms with Gasteiger partial charge in [0.2, 0.25) is 0 Å². The molecule has 1 aromatic rings. The number of halogens is 1. The smallest absolute Gasteiger partial charge is 0.0695 e. The number of hydrogen-bond acceptors (Lipinski definition) is 2. The molecule has 4 heteroatoms. The molecule has 1 saturated carbocycles. The van der Waals surface area contributed by atoms with Crippen LogP contribution >= 0.6 is 15.9 Å². The van der Waals surface area contributed by atoms with E-state index in [0.717, 1.165) is 16.3 Å². The van der Waals surface area contributed by atoms with Crippen LogP contribution in [0.3, 0.4) is 0 Å². The Morgan fingerprint density at radius 1 is 1.42 bits per heavy atom. The van der Waals surface area contributed by atoms with Crippen LogP contribution in [0.25, 0.3) is 0 Å². The van der Waals surface area contributed by atoms with E-state index in [9.17, 15) is 0 Å². The van der Waals surface area contributed by atoms with Gasteiger partial charge in [0, 0.05) is 7.05 Å². The van der Waals surface area contributed by atoms with Crippen LogP contribution in [-0.4, -0.2) is 16.8 Å². The highest BCUT2D eigenvalue weighted by atomic mass is 79.9. The Labute approximate surface area is 125 Å². The third-order valence-electron chi connectivity index (χ3n) is 4.60. The van der Waals surface area contributed by atoms with Gasteiger partial charge in [-0.15, -0.1) is 0 Å². The van der Waals surface area contributed by atoms with Gasteiger partial charge < -0.3 is 5.32 Å². The van der Waals surface area contributed by atoms with E-state index in [1.165, 1.54) is 44.2 Å². The van der Waals surface area contributed by atoms with E-state index in [-0.39, 0.29) is 0 Å². The highest BCUT2D eigenvalue weighted by Crippen LogP contribution is 2.39. The highest BCUT2D eigenvalue weighted by Gasteiger charge is 2.30. The summed E-state index contributed by atoms with van der Waals surface area (Å²) in [6.45, 7) is 2.30. The minimum Gasteiger partial charge on any atom is -0.311 e. The highest BCUT2D eigenvalue weighted by molar-refractivity contribution is 9.10. The monoisotopic (exact) mass is 327 g/mol. The molecule has 0 radical (unpaired) electrons. The molecule has 0 aromatic carbocycles. The van der Waals surface area contributed by atoms with Gasteiger partial charge in [-0.05, 0) is 47.7 Å². The molecule has 19 heavy (non-hydrogen) atoms. The van der Waals surface area contributed by atoms with Gasteiger partial charge in [-0.3, -0.25) is 4.68 Å². The molecule has 0 aliphatic heterocycles. The molecular formula is C15H26BrN3. The molecule has 1 unspecified atom stereocenters. The number of aryl methyl sites for hydroxylation is 1. The van der Waals surface area contributed by atoms with Gasteiger partial charge in [-0.2, -0.15) is 5.10 Å². The molecule has 1 heterocycles. The third kappa shape index (κ3) is 3.40. The predicted octanol–water partition coefficient (Wildman–Crippen LogP) is 4.05. The fourth-order valence-electron chi connectivity index (χ4n) is 3.58. The van der Waals surface area contributed by atoms with Gasteiger partial charge in [0.1, 0.15) is 0 Å². The first-order valence-electron chi connectivity index (χ1n) is 7.52. The molecule has 1 aliphatic rings. The summed E-state index contributed by atoms with van der Waals surface area (Å²) in [5, 5.41) is 7.87. The van der Waals surface area contributed by atoms with Crippen molar-refractivity contribution in [3.8, 4) is 0 Å². The fraction of sp³-hybridized carbons (Fsp3) is 0.800. The average molecular weight is 328 g/mol. The minimum absolute atomic E-state index is 0.421. The molecule has 1 aromatic heterocycles. The van der Waals surface area contributed by atoms with Crippen LogP contribution in [-0.2, 0) is 7.05 Å². The second-order valence-corrected chi connectivity index (χ2v) is 6.69. The summed E-state index contributed by atoms with van der Waals surface area (Å²) in [4.78, 5) is 0. The summed E-state index contributed by atoms with van der Waals surface area (Å²) in [6, 6.07) is 0.421. The average Bonchev–Trinajstić information content (AvgIpc) is 2.74. The second kappa shape index (κ2) is 6.89. The Kier molecular flexibility index (Phi) is 5.46. The van der Waals surface area contributed by atoms with E-state index in [2.05, 4.69) is 40.3 Å². The Morgan fingerprint density at radius 3 is 2.58 bits per heavy atom. The SMILES string of the molecule is CCCC1CCC(C(NC)c2c(Br)cnn2C)CC1. The zero-order valence-electron chi connectivity index (χ0n) is 12.3. The molecule has 1 atom stereocenters. The predicted molar refractivity (Wildman–Crippen MR) is 83.1 cm³/mol.